The lowest BCUT2D eigenvalue weighted by Crippen LogP contribution is -2.32. The van der Waals surface area contributed by atoms with Gasteiger partial charge in [-0.2, -0.15) is 0 Å². The minimum absolute atomic E-state index is 0.180. The molecular formula is C8H15N5S. The first-order valence-electron chi connectivity index (χ1n) is 4.36. The van der Waals surface area contributed by atoms with Gasteiger partial charge in [-0.25, -0.2) is 0 Å². The van der Waals surface area contributed by atoms with Crippen molar-refractivity contribution >= 4 is 22.3 Å². The Balaban J connectivity index is 2.65. The molecule has 0 aliphatic rings. The van der Waals surface area contributed by atoms with Crippen molar-refractivity contribution < 1.29 is 0 Å². The van der Waals surface area contributed by atoms with Crippen LogP contribution in [0.2, 0.25) is 0 Å². The summed E-state index contributed by atoms with van der Waals surface area (Å²) >= 11 is 1.54. The summed E-state index contributed by atoms with van der Waals surface area (Å²) in [7, 11) is 1.94. The highest BCUT2D eigenvalue weighted by Crippen LogP contribution is 2.20. The summed E-state index contributed by atoms with van der Waals surface area (Å²) in [5.74, 6) is 0.200. The van der Waals surface area contributed by atoms with Crippen molar-refractivity contribution in [2.75, 3.05) is 11.9 Å². The van der Waals surface area contributed by atoms with Crippen molar-refractivity contribution in [3.63, 3.8) is 0 Å². The fraction of sp³-hybridized carbons (Fsp3) is 0.625. The minimum Gasteiger partial charge on any atom is -0.388 e. The van der Waals surface area contributed by atoms with E-state index in [1.54, 1.807) is 11.3 Å². The highest BCUT2D eigenvalue weighted by Gasteiger charge is 2.14. The number of rotatable bonds is 4. The van der Waals surface area contributed by atoms with Crippen LogP contribution in [0.5, 0.6) is 0 Å². The second kappa shape index (κ2) is 4.36. The van der Waals surface area contributed by atoms with Gasteiger partial charge in [0.15, 0.2) is 0 Å². The first kappa shape index (κ1) is 10.9. The van der Waals surface area contributed by atoms with Crippen LogP contribution in [0, 0.1) is 12.3 Å². The molecule has 0 amide bonds. The Morgan fingerprint density at radius 1 is 1.64 bits per heavy atom. The molecular weight excluding hydrogens is 198 g/mol. The van der Waals surface area contributed by atoms with E-state index in [1.807, 2.05) is 25.8 Å². The van der Waals surface area contributed by atoms with E-state index >= 15 is 0 Å². The molecule has 14 heavy (non-hydrogen) atoms. The summed E-state index contributed by atoms with van der Waals surface area (Å²) in [6.45, 7) is 3.93. The standard InChI is InChI=1S/C8H15N5S/c1-5(4-7(9)10)13(3)8-12-11-6(2)14-8/h5H,4H2,1-3H3,(H3,9,10). The molecule has 1 aromatic heterocycles. The van der Waals surface area contributed by atoms with E-state index in [4.69, 9.17) is 11.1 Å². The second-order valence-electron chi connectivity index (χ2n) is 3.29. The number of amidine groups is 1. The summed E-state index contributed by atoms with van der Waals surface area (Å²) in [6, 6.07) is 0.180. The number of hydrogen-bond donors (Lipinski definition) is 2. The Hall–Kier alpha value is -1.17. The van der Waals surface area contributed by atoms with Crippen molar-refractivity contribution in [2.45, 2.75) is 26.3 Å². The van der Waals surface area contributed by atoms with Crippen LogP contribution in [0.1, 0.15) is 18.4 Å². The Morgan fingerprint density at radius 2 is 2.29 bits per heavy atom. The van der Waals surface area contributed by atoms with Gasteiger partial charge in [0.25, 0.3) is 0 Å². The van der Waals surface area contributed by atoms with Gasteiger partial charge in [-0.1, -0.05) is 11.3 Å². The van der Waals surface area contributed by atoms with E-state index in [1.165, 1.54) is 0 Å². The molecule has 0 spiro atoms. The SMILES string of the molecule is Cc1nnc(N(C)C(C)CC(=N)N)s1. The maximum atomic E-state index is 7.20. The van der Waals surface area contributed by atoms with Gasteiger partial charge in [0.05, 0.1) is 5.84 Å². The maximum absolute atomic E-state index is 7.20. The lowest BCUT2D eigenvalue weighted by molar-refractivity contribution is 0.702. The Kier molecular flexibility index (Phi) is 3.40. The summed E-state index contributed by atoms with van der Waals surface area (Å²) in [5, 5.41) is 17.0. The molecule has 0 fully saturated rings. The normalized spacial score (nSPS) is 12.5. The van der Waals surface area contributed by atoms with Crippen LogP contribution < -0.4 is 10.6 Å². The zero-order valence-corrected chi connectivity index (χ0v) is 9.43. The third-order valence-electron chi connectivity index (χ3n) is 1.99. The molecule has 1 atom stereocenters. The predicted octanol–water partition coefficient (Wildman–Crippen LogP) is 0.997. The number of nitrogens with two attached hydrogens (primary N) is 1. The average Bonchev–Trinajstić information content (AvgIpc) is 2.49. The Bertz CT molecular complexity index is 321. The number of hydrogen-bond acceptors (Lipinski definition) is 5. The maximum Gasteiger partial charge on any atom is 0.208 e. The minimum atomic E-state index is 0.180. The zero-order chi connectivity index (χ0) is 10.7. The third-order valence-corrected chi connectivity index (χ3v) is 2.92. The lowest BCUT2D eigenvalue weighted by atomic mass is 10.2. The predicted molar refractivity (Wildman–Crippen MR) is 59.0 cm³/mol. The monoisotopic (exact) mass is 213 g/mol. The summed E-state index contributed by atoms with van der Waals surface area (Å²) in [4.78, 5) is 1.99. The molecule has 0 aliphatic carbocycles. The molecule has 1 rings (SSSR count). The van der Waals surface area contributed by atoms with Crippen molar-refractivity contribution in [1.29, 1.82) is 5.41 Å². The molecule has 1 heterocycles. The van der Waals surface area contributed by atoms with E-state index < -0.39 is 0 Å². The number of nitrogens with one attached hydrogen (secondary N) is 1. The van der Waals surface area contributed by atoms with Crippen LogP contribution in [0.15, 0.2) is 0 Å². The molecule has 0 bridgehead atoms. The van der Waals surface area contributed by atoms with E-state index in [2.05, 4.69) is 10.2 Å². The van der Waals surface area contributed by atoms with Crippen LogP contribution in [0.4, 0.5) is 5.13 Å². The highest BCUT2D eigenvalue weighted by molar-refractivity contribution is 7.15. The van der Waals surface area contributed by atoms with E-state index in [0.29, 0.717) is 6.42 Å². The summed E-state index contributed by atoms with van der Waals surface area (Å²) < 4.78 is 0. The largest absolute Gasteiger partial charge is 0.388 e. The topological polar surface area (TPSA) is 78.9 Å². The second-order valence-corrected chi connectivity index (χ2v) is 4.45. The van der Waals surface area contributed by atoms with Crippen LogP contribution >= 0.6 is 11.3 Å². The van der Waals surface area contributed by atoms with Crippen LogP contribution in [-0.4, -0.2) is 29.1 Å². The Morgan fingerprint density at radius 3 is 2.71 bits per heavy atom. The first-order chi connectivity index (χ1) is 6.50. The Labute approximate surface area is 87.5 Å². The van der Waals surface area contributed by atoms with Crippen molar-refractivity contribution in [3.05, 3.63) is 5.01 Å². The molecule has 5 nitrogen and oxygen atoms in total. The van der Waals surface area contributed by atoms with Gasteiger partial charge in [-0.15, -0.1) is 10.2 Å². The molecule has 0 saturated heterocycles. The van der Waals surface area contributed by atoms with E-state index in [0.717, 1.165) is 10.1 Å². The quantitative estimate of drug-likeness (QED) is 0.577. The molecule has 0 radical (unpaired) electrons. The van der Waals surface area contributed by atoms with Crippen LogP contribution in [-0.2, 0) is 0 Å². The average molecular weight is 213 g/mol. The van der Waals surface area contributed by atoms with Gasteiger partial charge in [-0.3, -0.25) is 5.41 Å². The number of anilines is 1. The summed E-state index contributed by atoms with van der Waals surface area (Å²) in [6.07, 6.45) is 0.551. The third kappa shape index (κ3) is 2.66. The molecule has 1 aromatic rings. The fourth-order valence-corrected chi connectivity index (χ4v) is 1.82. The van der Waals surface area contributed by atoms with Gasteiger partial charge in [-0.05, 0) is 13.8 Å². The molecule has 0 saturated carbocycles. The molecule has 1 unspecified atom stereocenters. The molecule has 0 aliphatic heterocycles. The van der Waals surface area contributed by atoms with Gasteiger partial charge < -0.3 is 10.6 Å². The van der Waals surface area contributed by atoms with E-state index in [-0.39, 0.29) is 11.9 Å². The summed E-state index contributed by atoms with van der Waals surface area (Å²) in [5.41, 5.74) is 5.34. The van der Waals surface area contributed by atoms with Crippen LogP contribution in [0.25, 0.3) is 0 Å². The molecule has 3 N–H and O–H groups in total. The number of aromatic nitrogens is 2. The van der Waals surface area contributed by atoms with Gasteiger partial charge in [0, 0.05) is 19.5 Å². The molecule has 78 valence electrons. The first-order valence-corrected chi connectivity index (χ1v) is 5.18. The van der Waals surface area contributed by atoms with Crippen molar-refractivity contribution in [3.8, 4) is 0 Å². The number of aryl methyl sites for hydroxylation is 1. The number of nitrogens with zero attached hydrogens (tertiary/aromatic N) is 3. The van der Waals surface area contributed by atoms with Crippen LogP contribution in [0.3, 0.4) is 0 Å². The van der Waals surface area contributed by atoms with Crippen molar-refractivity contribution in [1.82, 2.24) is 10.2 Å². The lowest BCUT2D eigenvalue weighted by Gasteiger charge is -2.22. The van der Waals surface area contributed by atoms with Crippen molar-refractivity contribution in [2.24, 2.45) is 5.73 Å². The smallest absolute Gasteiger partial charge is 0.208 e. The van der Waals surface area contributed by atoms with Gasteiger partial charge in [0.1, 0.15) is 5.01 Å². The fourth-order valence-electron chi connectivity index (χ4n) is 1.07. The molecule has 0 aromatic carbocycles. The van der Waals surface area contributed by atoms with Gasteiger partial charge >= 0.3 is 0 Å². The zero-order valence-electron chi connectivity index (χ0n) is 8.61. The van der Waals surface area contributed by atoms with Gasteiger partial charge in [0.2, 0.25) is 5.13 Å². The highest BCUT2D eigenvalue weighted by atomic mass is 32.1. The van der Waals surface area contributed by atoms with E-state index in [9.17, 15) is 0 Å². The molecule has 6 heteroatoms.